The average Bonchev–Trinajstić information content (AvgIpc) is 2.55. The van der Waals surface area contributed by atoms with E-state index in [1.807, 2.05) is 0 Å². The Kier molecular flexibility index (Phi) is 8.70. The predicted molar refractivity (Wildman–Crippen MR) is 80.8 cm³/mol. The summed E-state index contributed by atoms with van der Waals surface area (Å²) in [5, 5.41) is 0. The minimum absolute atomic E-state index is 0.812. The number of nitrogens with zero attached hydrogens (tertiary/aromatic N) is 1. The molecule has 2 atom stereocenters. The van der Waals surface area contributed by atoms with E-state index in [9.17, 15) is 0 Å². The molecule has 18 heavy (non-hydrogen) atoms. The zero-order valence-electron chi connectivity index (χ0n) is 12.7. The van der Waals surface area contributed by atoms with Crippen LogP contribution in [-0.4, -0.2) is 30.6 Å². The van der Waals surface area contributed by atoms with Gasteiger partial charge in [-0.15, -0.1) is 0 Å². The zero-order valence-corrected chi connectivity index (χ0v) is 12.7. The molecule has 2 N–H and O–H groups in total. The number of hydrogen-bond acceptors (Lipinski definition) is 2. The summed E-state index contributed by atoms with van der Waals surface area (Å²) >= 11 is 0. The molecule has 0 aromatic rings. The van der Waals surface area contributed by atoms with Crippen molar-refractivity contribution < 1.29 is 0 Å². The minimum atomic E-state index is 0.812. The molecular formula is C16H34N2. The molecule has 108 valence electrons. The lowest BCUT2D eigenvalue weighted by Gasteiger charge is -2.27. The molecule has 2 nitrogen and oxygen atoms in total. The Morgan fingerprint density at radius 3 is 2.72 bits per heavy atom. The molecule has 1 heterocycles. The van der Waals surface area contributed by atoms with Gasteiger partial charge in [-0.3, -0.25) is 0 Å². The fourth-order valence-electron chi connectivity index (χ4n) is 3.33. The van der Waals surface area contributed by atoms with Gasteiger partial charge in [0.2, 0.25) is 0 Å². The van der Waals surface area contributed by atoms with Crippen LogP contribution in [0.15, 0.2) is 0 Å². The Labute approximate surface area is 114 Å². The van der Waals surface area contributed by atoms with Crippen molar-refractivity contribution in [2.24, 2.45) is 11.7 Å². The molecule has 2 unspecified atom stereocenters. The van der Waals surface area contributed by atoms with E-state index in [0.717, 1.165) is 18.5 Å². The van der Waals surface area contributed by atoms with Gasteiger partial charge in [-0.25, -0.2) is 0 Å². The van der Waals surface area contributed by atoms with Crippen LogP contribution in [0.1, 0.15) is 71.6 Å². The molecule has 0 aliphatic carbocycles. The van der Waals surface area contributed by atoms with Crippen molar-refractivity contribution in [3.63, 3.8) is 0 Å². The molecule has 0 bridgehead atoms. The molecule has 1 saturated heterocycles. The van der Waals surface area contributed by atoms with Gasteiger partial charge in [-0.1, -0.05) is 32.6 Å². The lowest BCUT2D eigenvalue weighted by atomic mass is 9.94. The molecule has 1 aliphatic heterocycles. The summed E-state index contributed by atoms with van der Waals surface area (Å²) in [4.78, 5) is 2.72. The molecule has 2 heteroatoms. The molecule has 1 rings (SSSR count). The lowest BCUT2D eigenvalue weighted by Crippen LogP contribution is -2.33. The highest BCUT2D eigenvalue weighted by Gasteiger charge is 2.16. The number of hydrogen-bond donors (Lipinski definition) is 1. The Balaban J connectivity index is 2.21. The van der Waals surface area contributed by atoms with E-state index in [2.05, 4.69) is 18.7 Å². The third-order valence-electron chi connectivity index (χ3n) is 4.52. The summed E-state index contributed by atoms with van der Waals surface area (Å²) in [6.07, 6.45) is 12.3. The highest BCUT2D eigenvalue weighted by atomic mass is 15.1. The molecular weight excluding hydrogens is 220 g/mol. The highest BCUT2D eigenvalue weighted by molar-refractivity contribution is 4.72. The molecule has 0 amide bonds. The van der Waals surface area contributed by atoms with E-state index >= 15 is 0 Å². The highest BCUT2D eigenvalue weighted by Crippen LogP contribution is 2.20. The van der Waals surface area contributed by atoms with Gasteiger partial charge in [-0.2, -0.15) is 0 Å². The Bertz CT molecular complexity index is 188. The summed E-state index contributed by atoms with van der Waals surface area (Å²) in [6, 6.07) is 0.812. The molecule has 1 fully saturated rings. The smallest absolute Gasteiger partial charge is 0.00669 e. The first-order valence-electron chi connectivity index (χ1n) is 8.22. The maximum atomic E-state index is 5.71. The van der Waals surface area contributed by atoms with Crippen LogP contribution in [0.4, 0.5) is 0 Å². The first-order chi connectivity index (χ1) is 8.77. The van der Waals surface area contributed by atoms with E-state index in [-0.39, 0.29) is 0 Å². The van der Waals surface area contributed by atoms with Crippen LogP contribution in [0.3, 0.4) is 0 Å². The van der Waals surface area contributed by atoms with Crippen molar-refractivity contribution >= 4 is 0 Å². The largest absolute Gasteiger partial charge is 0.330 e. The summed E-state index contributed by atoms with van der Waals surface area (Å²) < 4.78 is 0. The van der Waals surface area contributed by atoms with Crippen molar-refractivity contribution in [2.75, 3.05) is 19.6 Å². The van der Waals surface area contributed by atoms with Gasteiger partial charge in [0.1, 0.15) is 0 Å². The fraction of sp³-hybridized carbons (Fsp3) is 1.00. The lowest BCUT2D eigenvalue weighted by molar-refractivity contribution is 0.203. The average molecular weight is 254 g/mol. The van der Waals surface area contributed by atoms with Gasteiger partial charge in [0.05, 0.1) is 0 Å². The van der Waals surface area contributed by atoms with Crippen molar-refractivity contribution in [2.45, 2.75) is 77.7 Å². The maximum Gasteiger partial charge on any atom is 0.00669 e. The van der Waals surface area contributed by atoms with Crippen molar-refractivity contribution in [1.82, 2.24) is 4.90 Å². The first kappa shape index (κ1) is 16.0. The molecule has 0 saturated carbocycles. The third kappa shape index (κ3) is 6.19. The van der Waals surface area contributed by atoms with E-state index in [4.69, 9.17) is 5.73 Å². The van der Waals surface area contributed by atoms with Crippen LogP contribution >= 0.6 is 0 Å². The zero-order chi connectivity index (χ0) is 13.2. The minimum Gasteiger partial charge on any atom is -0.330 e. The Hall–Kier alpha value is -0.0800. The summed E-state index contributed by atoms with van der Waals surface area (Å²) in [5.41, 5.74) is 5.71. The first-order valence-corrected chi connectivity index (χ1v) is 8.22. The van der Waals surface area contributed by atoms with Crippen molar-refractivity contribution in [3.05, 3.63) is 0 Å². The van der Waals surface area contributed by atoms with E-state index < -0.39 is 0 Å². The quantitative estimate of drug-likeness (QED) is 0.714. The van der Waals surface area contributed by atoms with Gasteiger partial charge in [-0.05, 0) is 64.6 Å². The standard InChI is InChI=1S/C16H34N2/c1-3-8-16(11-12-17)10-7-14-18-13-6-4-5-9-15(18)2/h15-16H,3-14,17H2,1-2H3. The van der Waals surface area contributed by atoms with Crippen LogP contribution in [0.25, 0.3) is 0 Å². The molecule has 0 aromatic carbocycles. The van der Waals surface area contributed by atoms with Gasteiger partial charge in [0, 0.05) is 6.04 Å². The Morgan fingerprint density at radius 2 is 2.00 bits per heavy atom. The monoisotopic (exact) mass is 254 g/mol. The van der Waals surface area contributed by atoms with Gasteiger partial charge < -0.3 is 10.6 Å². The van der Waals surface area contributed by atoms with Crippen molar-refractivity contribution in [1.29, 1.82) is 0 Å². The summed E-state index contributed by atoms with van der Waals surface area (Å²) in [5.74, 6) is 0.877. The number of rotatable bonds is 8. The topological polar surface area (TPSA) is 29.3 Å². The summed E-state index contributed by atoms with van der Waals surface area (Å²) in [7, 11) is 0. The van der Waals surface area contributed by atoms with Crippen LogP contribution in [-0.2, 0) is 0 Å². The molecule has 1 aliphatic rings. The second-order valence-corrected chi connectivity index (χ2v) is 6.11. The normalized spacial score (nSPS) is 23.8. The number of nitrogens with two attached hydrogens (primary N) is 1. The van der Waals surface area contributed by atoms with Crippen LogP contribution in [0.2, 0.25) is 0 Å². The Morgan fingerprint density at radius 1 is 1.17 bits per heavy atom. The van der Waals surface area contributed by atoms with Crippen LogP contribution < -0.4 is 5.73 Å². The third-order valence-corrected chi connectivity index (χ3v) is 4.52. The van der Waals surface area contributed by atoms with Gasteiger partial charge in [0.25, 0.3) is 0 Å². The maximum absolute atomic E-state index is 5.71. The number of likely N-dealkylation sites (tertiary alicyclic amines) is 1. The second kappa shape index (κ2) is 9.80. The molecule has 0 radical (unpaired) electrons. The van der Waals surface area contributed by atoms with Gasteiger partial charge >= 0.3 is 0 Å². The van der Waals surface area contributed by atoms with Gasteiger partial charge in [0.15, 0.2) is 0 Å². The fourth-order valence-corrected chi connectivity index (χ4v) is 3.33. The molecule has 0 spiro atoms. The van der Waals surface area contributed by atoms with Crippen molar-refractivity contribution in [3.8, 4) is 0 Å². The SMILES string of the molecule is CCCC(CCN)CCCN1CCCCCC1C. The predicted octanol–water partition coefficient (Wildman–Crippen LogP) is 3.80. The molecule has 0 aromatic heterocycles. The van der Waals surface area contributed by atoms with E-state index in [1.54, 1.807) is 0 Å². The van der Waals surface area contributed by atoms with Crippen LogP contribution in [0, 0.1) is 5.92 Å². The summed E-state index contributed by atoms with van der Waals surface area (Å²) in [6.45, 7) is 8.21. The second-order valence-electron chi connectivity index (χ2n) is 6.11. The van der Waals surface area contributed by atoms with E-state index in [1.165, 1.54) is 70.9 Å². The van der Waals surface area contributed by atoms with Crippen LogP contribution in [0.5, 0.6) is 0 Å². The van der Waals surface area contributed by atoms with E-state index in [0.29, 0.717) is 0 Å².